The number of carbonyl (C=O) groups excluding carboxylic acids is 1. The Labute approximate surface area is 134 Å². The highest BCUT2D eigenvalue weighted by Gasteiger charge is 2.31. The van der Waals surface area contributed by atoms with Crippen LogP contribution in [0.1, 0.15) is 45.0 Å². The number of anilines is 1. The van der Waals surface area contributed by atoms with Gasteiger partial charge in [0.2, 0.25) is 21.9 Å². The number of carboxylic acids is 1. The fourth-order valence-electron chi connectivity index (χ4n) is 2.24. The van der Waals surface area contributed by atoms with Gasteiger partial charge in [0.15, 0.2) is 0 Å². The van der Waals surface area contributed by atoms with Crippen molar-refractivity contribution in [2.75, 3.05) is 5.32 Å². The number of hydrogen-bond acceptors (Lipinski definition) is 5. The number of aliphatic carboxylic acids is 1. The van der Waals surface area contributed by atoms with E-state index in [4.69, 9.17) is 5.11 Å². The molecular weight excluding hydrogens is 322 g/mol. The second-order valence-corrected chi connectivity index (χ2v) is 7.84. The first kappa shape index (κ1) is 17.2. The number of imidazole rings is 1. The van der Waals surface area contributed by atoms with Crippen molar-refractivity contribution in [1.82, 2.24) is 8.96 Å². The van der Waals surface area contributed by atoms with Gasteiger partial charge in [0.1, 0.15) is 0 Å². The molecule has 23 heavy (non-hydrogen) atoms. The number of fused-ring (bicyclic) bond motifs is 1. The van der Waals surface area contributed by atoms with Crippen LogP contribution in [0.4, 0.5) is 5.95 Å². The van der Waals surface area contributed by atoms with Gasteiger partial charge in [-0.2, -0.15) is 0 Å². The topological polar surface area (TPSA) is 118 Å². The van der Waals surface area contributed by atoms with Gasteiger partial charge in [0.05, 0.1) is 16.6 Å². The molecule has 1 aliphatic carbocycles. The van der Waals surface area contributed by atoms with Gasteiger partial charge in [-0.15, -0.1) is 0 Å². The summed E-state index contributed by atoms with van der Waals surface area (Å²) in [7, 11) is -3.73. The van der Waals surface area contributed by atoms with Gasteiger partial charge in [0, 0.05) is 12.0 Å². The maximum atomic E-state index is 12.6. The normalized spacial score (nSPS) is 14.3. The van der Waals surface area contributed by atoms with Crippen molar-refractivity contribution in [3.63, 3.8) is 0 Å². The molecule has 0 aliphatic heterocycles. The van der Waals surface area contributed by atoms with E-state index < -0.39 is 21.2 Å². The van der Waals surface area contributed by atoms with Gasteiger partial charge in [-0.05, 0) is 32.8 Å². The number of aromatic nitrogens is 2. The maximum Gasteiger partial charge on any atom is 0.331 e. The van der Waals surface area contributed by atoms with Crippen molar-refractivity contribution in [3.8, 4) is 0 Å². The van der Waals surface area contributed by atoms with E-state index in [0.29, 0.717) is 5.69 Å². The lowest BCUT2D eigenvalue weighted by atomic mass is 10.0. The van der Waals surface area contributed by atoms with Crippen molar-refractivity contribution in [3.05, 3.63) is 17.0 Å². The Balaban J connectivity index is 2.65. The zero-order valence-electron chi connectivity index (χ0n) is 13.2. The SMILES string of the molecule is CCC(=O)Nc1nc2c(n1S(=O)(=O)C(C)C)CCC(C(=O)O)=C2. The summed E-state index contributed by atoms with van der Waals surface area (Å²) in [6.45, 7) is 4.71. The van der Waals surface area contributed by atoms with E-state index in [2.05, 4.69) is 10.3 Å². The van der Waals surface area contributed by atoms with Crippen LogP contribution in [0.5, 0.6) is 0 Å². The third-order valence-corrected chi connectivity index (χ3v) is 5.69. The number of hydrogen-bond donors (Lipinski definition) is 2. The molecule has 0 saturated carbocycles. The largest absolute Gasteiger partial charge is 0.478 e. The van der Waals surface area contributed by atoms with Gasteiger partial charge < -0.3 is 5.11 Å². The molecule has 1 aromatic rings. The third kappa shape index (κ3) is 3.14. The smallest absolute Gasteiger partial charge is 0.331 e. The average molecular weight is 341 g/mol. The van der Waals surface area contributed by atoms with Crippen molar-refractivity contribution in [2.24, 2.45) is 0 Å². The van der Waals surface area contributed by atoms with E-state index in [0.717, 1.165) is 3.97 Å². The minimum Gasteiger partial charge on any atom is -0.478 e. The predicted molar refractivity (Wildman–Crippen MR) is 84.5 cm³/mol. The average Bonchev–Trinajstić information content (AvgIpc) is 2.83. The zero-order valence-corrected chi connectivity index (χ0v) is 14.0. The van der Waals surface area contributed by atoms with E-state index in [-0.39, 0.29) is 42.4 Å². The van der Waals surface area contributed by atoms with Crippen LogP contribution in [0.25, 0.3) is 6.08 Å². The van der Waals surface area contributed by atoms with Crippen molar-refractivity contribution in [1.29, 1.82) is 0 Å². The molecule has 2 N–H and O–H groups in total. The summed E-state index contributed by atoms with van der Waals surface area (Å²) in [6.07, 6.45) is 1.97. The molecule has 1 heterocycles. The molecule has 0 bridgehead atoms. The summed E-state index contributed by atoms with van der Waals surface area (Å²) >= 11 is 0. The summed E-state index contributed by atoms with van der Waals surface area (Å²) in [5, 5.41) is 10.9. The Hall–Kier alpha value is -2.16. The molecule has 9 heteroatoms. The molecule has 126 valence electrons. The van der Waals surface area contributed by atoms with Crippen LogP contribution >= 0.6 is 0 Å². The maximum absolute atomic E-state index is 12.6. The number of amides is 1. The second kappa shape index (κ2) is 6.15. The fourth-order valence-corrected chi connectivity index (χ4v) is 3.48. The molecule has 1 aromatic heterocycles. The summed E-state index contributed by atoms with van der Waals surface area (Å²) in [4.78, 5) is 26.9. The van der Waals surface area contributed by atoms with Gasteiger partial charge >= 0.3 is 5.97 Å². The predicted octanol–water partition coefficient (Wildman–Crippen LogP) is 1.23. The van der Waals surface area contributed by atoms with E-state index in [1.165, 1.54) is 19.9 Å². The first-order chi connectivity index (χ1) is 10.7. The first-order valence-electron chi connectivity index (χ1n) is 7.28. The first-order valence-corrected chi connectivity index (χ1v) is 8.78. The van der Waals surface area contributed by atoms with Gasteiger partial charge in [-0.25, -0.2) is 22.2 Å². The standard InChI is InChI=1S/C14H19N3O5S/c1-4-12(18)16-14-15-10-7-9(13(19)20)5-6-11(10)17(14)23(21,22)8(2)3/h7-8H,4-6H2,1-3H3,(H,19,20)(H,15,16,18). The van der Waals surface area contributed by atoms with Gasteiger partial charge in [0.25, 0.3) is 0 Å². The van der Waals surface area contributed by atoms with E-state index >= 15 is 0 Å². The van der Waals surface area contributed by atoms with Gasteiger partial charge in [-0.1, -0.05) is 6.92 Å². The Morgan fingerprint density at radius 1 is 1.39 bits per heavy atom. The van der Waals surface area contributed by atoms with Crippen LogP contribution in [-0.4, -0.2) is 39.6 Å². The molecule has 0 radical (unpaired) electrons. The molecule has 1 aliphatic rings. The number of carbonyl (C=O) groups is 2. The number of rotatable bonds is 5. The molecule has 2 rings (SSSR count). The Bertz CT molecular complexity index is 790. The van der Waals surface area contributed by atoms with Crippen LogP contribution in [0.3, 0.4) is 0 Å². The molecule has 0 unspecified atom stereocenters. The summed E-state index contributed by atoms with van der Waals surface area (Å²) in [5.74, 6) is -1.51. The molecule has 0 fully saturated rings. The van der Waals surface area contributed by atoms with E-state index in [1.807, 2.05) is 0 Å². The molecule has 0 atom stereocenters. The van der Waals surface area contributed by atoms with Crippen molar-refractivity contribution >= 4 is 33.9 Å². The Morgan fingerprint density at radius 3 is 2.57 bits per heavy atom. The summed E-state index contributed by atoms with van der Waals surface area (Å²) in [5.41, 5.74) is 0.830. The number of nitrogens with zero attached hydrogens (tertiary/aromatic N) is 2. The Morgan fingerprint density at radius 2 is 2.04 bits per heavy atom. The Kier molecular flexibility index (Phi) is 4.60. The highest BCUT2D eigenvalue weighted by Crippen LogP contribution is 2.29. The highest BCUT2D eigenvalue weighted by atomic mass is 32.2. The number of nitrogens with one attached hydrogen (secondary N) is 1. The van der Waals surface area contributed by atoms with Crippen LogP contribution in [0.15, 0.2) is 5.57 Å². The third-order valence-electron chi connectivity index (χ3n) is 3.60. The summed E-state index contributed by atoms with van der Waals surface area (Å²) in [6, 6.07) is 0. The lowest BCUT2D eigenvalue weighted by Crippen LogP contribution is -2.27. The molecule has 8 nitrogen and oxygen atoms in total. The minimum absolute atomic E-state index is 0.0848. The van der Waals surface area contributed by atoms with Crippen molar-refractivity contribution in [2.45, 2.75) is 45.3 Å². The van der Waals surface area contributed by atoms with Crippen molar-refractivity contribution < 1.29 is 23.1 Å². The zero-order chi connectivity index (χ0) is 17.4. The van der Waals surface area contributed by atoms with Crippen LogP contribution < -0.4 is 5.32 Å². The molecule has 0 aromatic carbocycles. The van der Waals surface area contributed by atoms with E-state index in [1.54, 1.807) is 6.92 Å². The highest BCUT2D eigenvalue weighted by molar-refractivity contribution is 7.90. The van der Waals surface area contributed by atoms with Gasteiger partial charge in [-0.3, -0.25) is 10.1 Å². The van der Waals surface area contributed by atoms with E-state index in [9.17, 15) is 18.0 Å². The lowest BCUT2D eigenvalue weighted by molar-refractivity contribution is -0.132. The molecule has 0 spiro atoms. The van der Waals surface area contributed by atoms with Crippen LogP contribution in [0.2, 0.25) is 0 Å². The quantitative estimate of drug-likeness (QED) is 0.831. The molecule has 0 saturated heterocycles. The van der Waals surface area contributed by atoms with Crippen LogP contribution in [0, 0.1) is 0 Å². The monoisotopic (exact) mass is 341 g/mol. The lowest BCUT2D eigenvalue weighted by Gasteiger charge is -2.17. The second-order valence-electron chi connectivity index (χ2n) is 5.50. The molecule has 1 amide bonds. The number of carboxylic acid groups (broad SMARTS) is 1. The summed E-state index contributed by atoms with van der Waals surface area (Å²) < 4.78 is 26.2. The minimum atomic E-state index is -3.73. The molecular formula is C14H19N3O5S. The fraction of sp³-hybridized carbons (Fsp3) is 0.500. The van der Waals surface area contributed by atoms with Crippen LogP contribution in [-0.2, 0) is 26.0 Å².